The number of aryl methyl sites for hydroxylation is 1. The first-order valence-corrected chi connectivity index (χ1v) is 16.1. The van der Waals surface area contributed by atoms with Crippen LogP contribution in [0.15, 0.2) is 60.0 Å². The van der Waals surface area contributed by atoms with Crippen molar-refractivity contribution in [1.29, 1.82) is 0 Å². The number of hydrogen-bond donors (Lipinski definition) is 1. The highest BCUT2D eigenvalue weighted by molar-refractivity contribution is 7.09. The Morgan fingerprint density at radius 2 is 1.74 bits per heavy atom. The Kier molecular flexibility index (Phi) is 8.60. The normalized spacial score (nSPS) is 19.4. The van der Waals surface area contributed by atoms with Gasteiger partial charge in [0.15, 0.2) is 0 Å². The molecular weight excluding hydrogens is 546 g/mol. The van der Waals surface area contributed by atoms with Crippen LogP contribution >= 0.6 is 11.3 Å². The lowest BCUT2D eigenvalue weighted by molar-refractivity contribution is -0.122. The molecule has 1 N–H and O–H groups in total. The molecule has 3 aliphatic heterocycles. The molecule has 1 saturated heterocycles. The highest BCUT2D eigenvalue weighted by Crippen LogP contribution is 2.38. The fourth-order valence-corrected chi connectivity index (χ4v) is 7.36. The van der Waals surface area contributed by atoms with E-state index in [2.05, 4.69) is 17.4 Å². The van der Waals surface area contributed by atoms with Gasteiger partial charge in [0, 0.05) is 37.5 Å². The quantitative estimate of drug-likeness (QED) is 0.420. The number of carbonyl (C=O) groups is 3. The van der Waals surface area contributed by atoms with Crippen molar-refractivity contribution in [3.63, 3.8) is 0 Å². The maximum atomic E-state index is 13.8. The highest BCUT2D eigenvalue weighted by Gasteiger charge is 2.38. The second-order valence-corrected chi connectivity index (χ2v) is 12.9. The third-order valence-corrected chi connectivity index (χ3v) is 9.98. The zero-order chi connectivity index (χ0) is 28.9. The van der Waals surface area contributed by atoms with Crippen LogP contribution in [0.1, 0.15) is 81.7 Å². The topological polar surface area (TPSA) is 79.0 Å². The Morgan fingerprint density at radius 3 is 2.57 bits per heavy atom. The summed E-state index contributed by atoms with van der Waals surface area (Å²) >= 11 is 1.64. The van der Waals surface area contributed by atoms with Gasteiger partial charge in [-0.3, -0.25) is 14.4 Å². The molecule has 0 bridgehead atoms. The number of rotatable bonds is 3. The molecule has 6 rings (SSSR count). The molecule has 1 spiro atoms. The van der Waals surface area contributed by atoms with Gasteiger partial charge in [0.1, 0.15) is 5.75 Å². The first-order chi connectivity index (χ1) is 20.5. The molecule has 0 radical (unpaired) electrons. The van der Waals surface area contributed by atoms with E-state index in [0.29, 0.717) is 63.3 Å². The van der Waals surface area contributed by atoms with E-state index in [1.54, 1.807) is 17.4 Å². The largest absolute Gasteiger partial charge is 0.493 e. The number of carbonyl (C=O) groups excluding carboxylic acids is 3. The van der Waals surface area contributed by atoms with Crippen LogP contribution in [0.4, 0.5) is 0 Å². The maximum Gasteiger partial charge on any atom is 0.255 e. The first-order valence-electron chi connectivity index (χ1n) is 15.2. The molecule has 220 valence electrons. The average molecular weight is 586 g/mol. The van der Waals surface area contributed by atoms with Crippen LogP contribution in [0.25, 0.3) is 0 Å². The summed E-state index contributed by atoms with van der Waals surface area (Å²) < 4.78 is 5.98. The van der Waals surface area contributed by atoms with E-state index < -0.39 is 0 Å². The van der Waals surface area contributed by atoms with E-state index in [9.17, 15) is 14.4 Å². The average Bonchev–Trinajstić information content (AvgIpc) is 3.64. The molecule has 4 heterocycles. The van der Waals surface area contributed by atoms with Gasteiger partial charge in [0.05, 0.1) is 24.3 Å². The van der Waals surface area contributed by atoms with E-state index >= 15 is 0 Å². The SMILES string of the molecule is O=C1CCCOc2ccccc2CCCCC2(CCN(C(=O)c3cccc4c3C(=O)N(Cc3cccs3)C4)CC2)CN1. The Bertz CT molecular complexity index is 1430. The van der Waals surface area contributed by atoms with Crippen molar-refractivity contribution in [3.8, 4) is 5.75 Å². The van der Waals surface area contributed by atoms with Crippen LogP contribution in [-0.2, 0) is 24.3 Å². The van der Waals surface area contributed by atoms with E-state index in [-0.39, 0.29) is 23.1 Å². The maximum absolute atomic E-state index is 13.8. The van der Waals surface area contributed by atoms with Crippen molar-refractivity contribution in [2.45, 2.75) is 64.5 Å². The summed E-state index contributed by atoms with van der Waals surface area (Å²) in [5.41, 5.74) is 3.21. The molecule has 2 aromatic carbocycles. The number of para-hydroxylation sites is 1. The predicted octanol–water partition coefficient (Wildman–Crippen LogP) is 5.83. The van der Waals surface area contributed by atoms with E-state index in [1.165, 1.54) is 5.56 Å². The molecule has 3 aromatic rings. The Hall–Kier alpha value is -3.65. The number of likely N-dealkylation sites (tertiary alicyclic amines) is 1. The number of piperidine rings is 1. The van der Waals surface area contributed by atoms with Gasteiger partial charge >= 0.3 is 0 Å². The summed E-state index contributed by atoms with van der Waals surface area (Å²) in [5, 5.41) is 5.23. The Balaban J connectivity index is 1.12. The monoisotopic (exact) mass is 585 g/mol. The number of benzene rings is 2. The molecule has 3 aliphatic rings. The summed E-state index contributed by atoms with van der Waals surface area (Å²) in [6.07, 6.45) is 6.89. The Labute approximate surface area is 251 Å². The second kappa shape index (κ2) is 12.7. The summed E-state index contributed by atoms with van der Waals surface area (Å²) in [5.74, 6) is 0.871. The van der Waals surface area contributed by atoms with E-state index in [0.717, 1.165) is 54.7 Å². The molecule has 8 heteroatoms. The van der Waals surface area contributed by atoms with Crippen LogP contribution in [0.2, 0.25) is 0 Å². The number of amides is 3. The first kappa shape index (κ1) is 28.5. The molecule has 0 unspecified atom stereocenters. The molecule has 0 aliphatic carbocycles. The number of thiophene rings is 1. The molecule has 1 fully saturated rings. The zero-order valence-corrected chi connectivity index (χ0v) is 24.9. The molecule has 0 atom stereocenters. The minimum atomic E-state index is -0.0606. The molecular formula is C34H39N3O4S. The zero-order valence-electron chi connectivity index (χ0n) is 24.1. The number of nitrogens with zero attached hydrogens (tertiary/aromatic N) is 2. The summed E-state index contributed by atoms with van der Waals surface area (Å²) in [7, 11) is 0. The summed E-state index contributed by atoms with van der Waals surface area (Å²) in [4.78, 5) is 44.8. The minimum Gasteiger partial charge on any atom is -0.493 e. The van der Waals surface area contributed by atoms with Crippen molar-refractivity contribution >= 4 is 29.1 Å². The fourth-order valence-electron chi connectivity index (χ4n) is 6.64. The smallest absolute Gasteiger partial charge is 0.255 e. The van der Waals surface area contributed by atoms with Crippen molar-refractivity contribution < 1.29 is 19.1 Å². The predicted molar refractivity (Wildman–Crippen MR) is 164 cm³/mol. The lowest BCUT2D eigenvalue weighted by atomic mass is 9.74. The third-order valence-electron chi connectivity index (χ3n) is 9.12. The van der Waals surface area contributed by atoms with Crippen LogP contribution in [0, 0.1) is 5.41 Å². The van der Waals surface area contributed by atoms with Gasteiger partial charge in [-0.15, -0.1) is 11.3 Å². The summed E-state index contributed by atoms with van der Waals surface area (Å²) in [6, 6.07) is 17.9. The second-order valence-electron chi connectivity index (χ2n) is 11.9. The van der Waals surface area contributed by atoms with Gasteiger partial charge in [0.2, 0.25) is 5.91 Å². The number of nitrogens with one attached hydrogen (secondary N) is 1. The van der Waals surface area contributed by atoms with Gasteiger partial charge in [-0.2, -0.15) is 0 Å². The number of fused-ring (bicyclic) bond motifs is 2. The molecule has 1 aromatic heterocycles. The van der Waals surface area contributed by atoms with E-state index in [4.69, 9.17) is 4.74 Å². The lowest BCUT2D eigenvalue weighted by Crippen LogP contribution is -2.48. The molecule has 7 nitrogen and oxygen atoms in total. The van der Waals surface area contributed by atoms with Crippen molar-refractivity contribution in [1.82, 2.24) is 15.1 Å². The van der Waals surface area contributed by atoms with Gasteiger partial charge in [-0.05, 0) is 78.6 Å². The molecule has 3 amide bonds. The van der Waals surface area contributed by atoms with Gasteiger partial charge in [-0.1, -0.05) is 42.8 Å². The van der Waals surface area contributed by atoms with Gasteiger partial charge in [-0.25, -0.2) is 0 Å². The molecule has 42 heavy (non-hydrogen) atoms. The standard InChI is InChI=1S/C34H39N3O4S/c38-30-14-6-20-41-29-13-2-1-8-25(29)9-3-4-15-34(24-35-30)16-18-36(19-17-34)32(39)28-12-5-10-26-22-37(33(40)31(26)28)23-27-11-7-21-42-27/h1-2,5,7-8,10-13,21H,3-4,6,9,14-20,22-24H2,(H,35,38). The molecule has 0 saturated carbocycles. The van der Waals surface area contributed by atoms with Crippen LogP contribution in [0.5, 0.6) is 5.75 Å². The van der Waals surface area contributed by atoms with Gasteiger partial charge < -0.3 is 19.9 Å². The number of hydrogen-bond acceptors (Lipinski definition) is 5. The van der Waals surface area contributed by atoms with Crippen molar-refractivity contribution in [2.75, 3.05) is 26.2 Å². The minimum absolute atomic E-state index is 0.0292. The van der Waals surface area contributed by atoms with Crippen molar-refractivity contribution in [3.05, 3.63) is 87.1 Å². The fraction of sp³-hybridized carbons (Fsp3) is 0.441. The Morgan fingerprint density at radius 1 is 0.905 bits per heavy atom. The van der Waals surface area contributed by atoms with E-state index in [1.807, 2.05) is 51.6 Å². The van der Waals surface area contributed by atoms with Gasteiger partial charge in [0.25, 0.3) is 11.8 Å². The van der Waals surface area contributed by atoms with Crippen LogP contribution in [-0.4, -0.2) is 53.8 Å². The van der Waals surface area contributed by atoms with Crippen LogP contribution in [0.3, 0.4) is 0 Å². The highest BCUT2D eigenvalue weighted by atomic mass is 32.1. The summed E-state index contributed by atoms with van der Waals surface area (Å²) in [6.45, 7) is 3.53. The lowest BCUT2D eigenvalue weighted by Gasteiger charge is -2.42. The number of ether oxygens (including phenoxy) is 1. The van der Waals surface area contributed by atoms with Crippen LogP contribution < -0.4 is 10.1 Å². The third kappa shape index (κ3) is 6.24. The van der Waals surface area contributed by atoms with Crippen molar-refractivity contribution in [2.24, 2.45) is 5.41 Å².